The van der Waals surface area contributed by atoms with Crippen LogP contribution in [-0.2, 0) is 0 Å². The zero-order chi connectivity index (χ0) is 9.19. The van der Waals surface area contributed by atoms with Crippen LogP contribution in [0.1, 0.15) is 20.8 Å². The van der Waals surface area contributed by atoms with Crippen LogP contribution in [0.2, 0.25) is 0 Å². The van der Waals surface area contributed by atoms with E-state index >= 15 is 0 Å². The molecule has 0 unspecified atom stereocenters. The van der Waals surface area contributed by atoms with Gasteiger partial charge in [-0.15, -0.1) is 0 Å². The third kappa shape index (κ3) is 1.97. The fourth-order valence-electron chi connectivity index (χ4n) is 1.47. The van der Waals surface area contributed by atoms with E-state index in [-0.39, 0.29) is 12.0 Å². The van der Waals surface area contributed by atoms with Gasteiger partial charge >= 0.3 is 0 Å². The first kappa shape index (κ1) is 9.96. The average Bonchev–Trinajstić information content (AvgIpc) is 2.06. The maximum absolute atomic E-state index is 10.1. The number of hydrogen-bond donors (Lipinski definition) is 3. The highest BCUT2D eigenvalue weighted by atomic mass is 16.3. The van der Waals surface area contributed by atoms with Crippen LogP contribution < -0.4 is 10.6 Å². The van der Waals surface area contributed by atoms with Gasteiger partial charge in [-0.1, -0.05) is 13.8 Å². The minimum Gasteiger partial charge on any atom is -0.388 e. The van der Waals surface area contributed by atoms with Gasteiger partial charge in [0.2, 0.25) is 0 Å². The highest BCUT2D eigenvalue weighted by Crippen LogP contribution is 2.20. The summed E-state index contributed by atoms with van der Waals surface area (Å²) in [5.74, 6) is 0.287. The van der Waals surface area contributed by atoms with Gasteiger partial charge < -0.3 is 15.7 Å². The molecule has 3 heteroatoms. The van der Waals surface area contributed by atoms with E-state index in [0.29, 0.717) is 0 Å². The lowest BCUT2D eigenvalue weighted by atomic mass is 9.84. The molecule has 1 aliphatic heterocycles. The molecule has 0 aliphatic carbocycles. The molecule has 1 heterocycles. The second-order valence-corrected chi connectivity index (χ2v) is 4.09. The molecule has 0 aromatic heterocycles. The Bertz CT molecular complexity index is 139. The van der Waals surface area contributed by atoms with Crippen LogP contribution in [-0.4, -0.2) is 36.4 Å². The first-order valence-electron chi connectivity index (χ1n) is 4.71. The normalized spacial score (nSPS) is 30.2. The van der Waals surface area contributed by atoms with Crippen molar-refractivity contribution in [2.24, 2.45) is 5.92 Å². The highest BCUT2D eigenvalue weighted by Gasteiger charge is 2.35. The molecule has 1 saturated heterocycles. The second kappa shape index (κ2) is 3.73. The van der Waals surface area contributed by atoms with Crippen LogP contribution in [0.4, 0.5) is 0 Å². The summed E-state index contributed by atoms with van der Waals surface area (Å²) in [7, 11) is 0. The molecule has 12 heavy (non-hydrogen) atoms. The summed E-state index contributed by atoms with van der Waals surface area (Å²) < 4.78 is 0. The molecule has 0 aromatic rings. The van der Waals surface area contributed by atoms with Crippen LogP contribution in [0.5, 0.6) is 0 Å². The van der Waals surface area contributed by atoms with E-state index in [1.807, 2.05) is 6.92 Å². The Balaban J connectivity index is 2.53. The van der Waals surface area contributed by atoms with Gasteiger partial charge in [0, 0.05) is 25.7 Å². The molecule has 3 N–H and O–H groups in total. The minimum absolute atomic E-state index is 0.186. The van der Waals surface area contributed by atoms with Gasteiger partial charge in [0.15, 0.2) is 0 Å². The molecule has 0 saturated carbocycles. The average molecular weight is 172 g/mol. The summed E-state index contributed by atoms with van der Waals surface area (Å²) in [5.41, 5.74) is -0.604. The maximum atomic E-state index is 10.1. The van der Waals surface area contributed by atoms with Crippen LogP contribution in [0, 0.1) is 5.92 Å². The topological polar surface area (TPSA) is 44.3 Å². The Morgan fingerprint density at radius 3 is 2.50 bits per heavy atom. The van der Waals surface area contributed by atoms with Crippen molar-refractivity contribution in [3.63, 3.8) is 0 Å². The Labute approximate surface area is 74.5 Å². The summed E-state index contributed by atoms with van der Waals surface area (Å²) in [6, 6.07) is 0.186. The molecule has 0 radical (unpaired) electrons. The Morgan fingerprint density at radius 1 is 1.42 bits per heavy atom. The van der Waals surface area contributed by atoms with Crippen molar-refractivity contribution >= 4 is 0 Å². The number of aliphatic hydroxyl groups is 1. The van der Waals surface area contributed by atoms with Crippen molar-refractivity contribution in [1.29, 1.82) is 0 Å². The van der Waals surface area contributed by atoms with Gasteiger partial charge in [0.05, 0.1) is 5.60 Å². The predicted octanol–water partition coefficient (Wildman–Crippen LogP) is -0.0452. The first-order valence-corrected chi connectivity index (χ1v) is 4.71. The predicted molar refractivity (Wildman–Crippen MR) is 50.1 cm³/mol. The first-order chi connectivity index (χ1) is 5.55. The van der Waals surface area contributed by atoms with Crippen molar-refractivity contribution in [3.05, 3.63) is 0 Å². The molecule has 0 amide bonds. The van der Waals surface area contributed by atoms with E-state index in [0.717, 1.165) is 19.6 Å². The van der Waals surface area contributed by atoms with E-state index in [9.17, 15) is 5.11 Å². The van der Waals surface area contributed by atoms with Crippen molar-refractivity contribution in [2.75, 3.05) is 19.6 Å². The molecule has 1 rings (SSSR count). The van der Waals surface area contributed by atoms with Crippen molar-refractivity contribution < 1.29 is 5.11 Å². The van der Waals surface area contributed by atoms with Gasteiger partial charge in [-0.25, -0.2) is 0 Å². The van der Waals surface area contributed by atoms with Gasteiger partial charge in [0.25, 0.3) is 0 Å². The quantitative estimate of drug-likeness (QED) is 0.547. The number of rotatable bonds is 2. The Kier molecular flexibility index (Phi) is 3.09. The van der Waals surface area contributed by atoms with Gasteiger partial charge in [-0.3, -0.25) is 0 Å². The van der Waals surface area contributed by atoms with E-state index < -0.39 is 5.60 Å². The standard InChI is InChI=1S/C9H20N2O/c1-7(2)9(3,12)8-6-10-4-5-11-8/h7-8,10-12H,4-6H2,1-3H3/t8-,9-/m1/s1. The SMILES string of the molecule is CC(C)[C@@](C)(O)[C@H]1CNCCN1. The van der Waals surface area contributed by atoms with Gasteiger partial charge in [0.1, 0.15) is 0 Å². The molecule has 0 spiro atoms. The van der Waals surface area contributed by atoms with Gasteiger partial charge in [-0.2, -0.15) is 0 Å². The Hall–Kier alpha value is -0.120. The molecule has 2 atom stereocenters. The fourth-order valence-corrected chi connectivity index (χ4v) is 1.47. The molecule has 1 fully saturated rings. The lowest BCUT2D eigenvalue weighted by molar-refractivity contribution is -0.0258. The van der Waals surface area contributed by atoms with Crippen molar-refractivity contribution in [3.8, 4) is 0 Å². The van der Waals surface area contributed by atoms with Crippen LogP contribution in [0.25, 0.3) is 0 Å². The zero-order valence-electron chi connectivity index (χ0n) is 8.22. The highest BCUT2D eigenvalue weighted by molar-refractivity contribution is 4.93. The summed E-state index contributed by atoms with van der Waals surface area (Å²) in [6.07, 6.45) is 0. The van der Waals surface area contributed by atoms with E-state index in [1.54, 1.807) is 0 Å². The lowest BCUT2D eigenvalue weighted by Gasteiger charge is -2.39. The smallest absolute Gasteiger partial charge is 0.0807 e. The minimum atomic E-state index is -0.604. The number of nitrogens with one attached hydrogen (secondary N) is 2. The summed E-state index contributed by atoms with van der Waals surface area (Å²) >= 11 is 0. The van der Waals surface area contributed by atoms with Crippen LogP contribution in [0.15, 0.2) is 0 Å². The lowest BCUT2D eigenvalue weighted by Crippen LogP contribution is -2.61. The largest absolute Gasteiger partial charge is 0.388 e. The summed E-state index contributed by atoms with van der Waals surface area (Å²) in [4.78, 5) is 0. The zero-order valence-corrected chi connectivity index (χ0v) is 8.22. The third-order valence-corrected chi connectivity index (χ3v) is 2.92. The summed E-state index contributed by atoms with van der Waals surface area (Å²) in [6.45, 7) is 8.83. The van der Waals surface area contributed by atoms with Crippen molar-refractivity contribution in [2.45, 2.75) is 32.4 Å². The monoisotopic (exact) mass is 172 g/mol. The molecule has 3 nitrogen and oxygen atoms in total. The molecular weight excluding hydrogens is 152 g/mol. The summed E-state index contributed by atoms with van der Waals surface area (Å²) in [5, 5.41) is 16.7. The third-order valence-electron chi connectivity index (χ3n) is 2.92. The maximum Gasteiger partial charge on any atom is 0.0807 e. The number of piperazine rings is 1. The molecule has 1 aliphatic rings. The second-order valence-electron chi connectivity index (χ2n) is 4.09. The van der Waals surface area contributed by atoms with Crippen LogP contribution in [0.3, 0.4) is 0 Å². The fraction of sp³-hybridized carbons (Fsp3) is 1.00. The van der Waals surface area contributed by atoms with Crippen molar-refractivity contribution in [1.82, 2.24) is 10.6 Å². The van der Waals surface area contributed by atoms with Gasteiger partial charge in [-0.05, 0) is 12.8 Å². The van der Waals surface area contributed by atoms with Crippen LogP contribution >= 0.6 is 0 Å². The molecular formula is C9H20N2O. The Morgan fingerprint density at radius 2 is 2.08 bits per heavy atom. The molecule has 0 bridgehead atoms. The molecule has 72 valence electrons. The van der Waals surface area contributed by atoms with E-state index in [1.165, 1.54) is 0 Å². The molecule has 0 aromatic carbocycles. The van der Waals surface area contributed by atoms with E-state index in [2.05, 4.69) is 24.5 Å². The van der Waals surface area contributed by atoms with E-state index in [4.69, 9.17) is 0 Å². The number of hydrogen-bond acceptors (Lipinski definition) is 3.